The van der Waals surface area contributed by atoms with E-state index in [2.05, 4.69) is 5.16 Å². The number of hydrogen-bond donors (Lipinski definition) is 0. The summed E-state index contributed by atoms with van der Waals surface area (Å²) in [6, 6.07) is 9.60. The molecule has 0 saturated heterocycles. The fraction of sp³-hybridized carbons (Fsp3) is 0.222. The molecule has 0 atom stereocenters. The summed E-state index contributed by atoms with van der Waals surface area (Å²) in [6.45, 7) is -0.202. The van der Waals surface area contributed by atoms with E-state index in [1.807, 2.05) is 30.3 Å². The van der Waals surface area contributed by atoms with E-state index in [9.17, 15) is 4.39 Å². The molecule has 0 aliphatic heterocycles. The summed E-state index contributed by atoms with van der Waals surface area (Å²) in [5, 5.41) is 3.39. The standard InChI is InChI=1S/C9H10FNO/c10-6-7-11-12-8-9-4-2-1-3-5-9/h1-5,7H,6,8H2. The maximum atomic E-state index is 11.5. The summed E-state index contributed by atoms with van der Waals surface area (Å²) >= 11 is 0. The number of nitrogens with zero attached hydrogens (tertiary/aromatic N) is 1. The lowest BCUT2D eigenvalue weighted by molar-refractivity contribution is 0.131. The predicted molar refractivity (Wildman–Crippen MR) is 45.7 cm³/mol. The molecule has 3 heteroatoms. The minimum Gasteiger partial charge on any atom is -0.391 e. The molecule has 1 aromatic rings. The average molecular weight is 167 g/mol. The van der Waals surface area contributed by atoms with Crippen LogP contribution in [0.5, 0.6) is 0 Å². The van der Waals surface area contributed by atoms with Gasteiger partial charge in [-0.1, -0.05) is 35.5 Å². The lowest BCUT2D eigenvalue weighted by atomic mass is 10.2. The van der Waals surface area contributed by atoms with Gasteiger partial charge in [-0.15, -0.1) is 0 Å². The summed E-state index contributed by atoms with van der Waals surface area (Å²) in [6.07, 6.45) is 1.09. The number of benzene rings is 1. The first-order valence-electron chi connectivity index (χ1n) is 3.67. The largest absolute Gasteiger partial charge is 0.391 e. The number of alkyl halides is 1. The van der Waals surface area contributed by atoms with E-state index in [1.54, 1.807) is 0 Å². The van der Waals surface area contributed by atoms with Crippen molar-refractivity contribution < 1.29 is 9.23 Å². The van der Waals surface area contributed by atoms with Crippen molar-refractivity contribution >= 4 is 6.21 Å². The Bertz CT molecular complexity index is 236. The van der Waals surface area contributed by atoms with Crippen LogP contribution in [0.25, 0.3) is 0 Å². The molecule has 0 unspecified atom stereocenters. The van der Waals surface area contributed by atoms with Crippen LogP contribution in [0.3, 0.4) is 0 Å². The molecule has 2 nitrogen and oxygen atoms in total. The van der Waals surface area contributed by atoms with Crippen LogP contribution >= 0.6 is 0 Å². The first-order valence-corrected chi connectivity index (χ1v) is 3.67. The summed E-state index contributed by atoms with van der Waals surface area (Å²) < 4.78 is 11.5. The topological polar surface area (TPSA) is 21.6 Å². The average Bonchev–Trinajstić information content (AvgIpc) is 2.14. The maximum Gasteiger partial charge on any atom is 0.142 e. The zero-order valence-corrected chi connectivity index (χ0v) is 6.61. The Hall–Kier alpha value is -1.38. The van der Waals surface area contributed by atoms with Gasteiger partial charge in [-0.3, -0.25) is 0 Å². The molecule has 0 radical (unpaired) electrons. The van der Waals surface area contributed by atoms with Crippen LogP contribution < -0.4 is 0 Å². The Morgan fingerprint density at radius 2 is 2.08 bits per heavy atom. The zero-order valence-electron chi connectivity index (χ0n) is 6.61. The van der Waals surface area contributed by atoms with E-state index in [0.717, 1.165) is 11.8 Å². The fourth-order valence-electron chi connectivity index (χ4n) is 0.767. The van der Waals surface area contributed by atoms with Gasteiger partial charge in [0, 0.05) is 0 Å². The van der Waals surface area contributed by atoms with Gasteiger partial charge in [-0.25, -0.2) is 4.39 Å². The van der Waals surface area contributed by atoms with E-state index in [4.69, 9.17) is 4.84 Å². The molecule has 0 spiro atoms. The molecule has 64 valence electrons. The molecule has 12 heavy (non-hydrogen) atoms. The van der Waals surface area contributed by atoms with Gasteiger partial charge in [-0.2, -0.15) is 0 Å². The van der Waals surface area contributed by atoms with Gasteiger partial charge >= 0.3 is 0 Å². The van der Waals surface area contributed by atoms with Crippen LogP contribution in [0.4, 0.5) is 4.39 Å². The van der Waals surface area contributed by atoms with Crippen LogP contribution in [0.2, 0.25) is 0 Å². The molecule has 0 amide bonds. The smallest absolute Gasteiger partial charge is 0.142 e. The minimum absolute atomic E-state index is 0.386. The Labute approximate surface area is 70.7 Å². The van der Waals surface area contributed by atoms with Crippen molar-refractivity contribution in [3.63, 3.8) is 0 Å². The molecule has 0 fully saturated rings. The maximum absolute atomic E-state index is 11.5. The van der Waals surface area contributed by atoms with Crippen molar-refractivity contribution in [3.8, 4) is 0 Å². The van der Waals surface area contributed by atoms with Crippen molar-refractivity contribution in [2.75, 3.05) is 6.67 Å². The first kappa shape index (κ1) is 8.71. The molecule has 1 aromatic carbocycles. The molecule has 0 N–H and O–H groups in total. The van der Waals surface area contributed by atoms with Crippen molar-refractivity contribution in [2.45, 2.75) is 6.61 Å². The van der Waals surface area contributed by atoms with Crippen LogP contribution in [-0.4, -0.2) is 12.9 Å². The Morgan fingerprint density at radius 3 is 2.75 bits per heavy atom. The van der Waals surface area contributed by atoms with Gasteiger partial charge in [0.05, 0.1) is 6.21 Å². The van der Waals surface area contributed by atoms with Gasteiger partial charge in [0.1, 0.15) is 13.3 Å². The highest BCUT2D eigenvalue weighted by Gasteiger charge is 1.87. The number of rotatable bonds is 4. The van der Waals surface area contributed by atoms with Crippen LogP contribution in [-0.2, 0) is 11.4 Å². The molecular formula is C9H10FNO. The third-order valence-corrected chi connectivity index (χ3v) is 1.29. The summed E-state index contributed by atoms with van der Waals surface area (Å²) in [5.74, 6) is 0. The van der Waals surface area contributed by atoms with Crippen LogP contribution in [0.1, 0.15) is 5.56 Å². The van der Waals surface area contributed by atoms with Crippen molar-refractivity contribution in [2.24, 2.45) is 5.16 Å². The lowest BCUT2D eigenvalue weighted by Crippen LogP contribution is -1.86. The highest BCUT2D eigenvalue weighted by Crippen LogP contribution is 1.99. The van der Waals surface area contributed by atoms with E-state index < -0.39 is 6.67 Å². The Kier molecular flexibility index (Phi) is 3.84. The van der Waals surface area contributed by atoms with Crippen molar-refractivity contribution in [1.82, 2.24) is 0 Å². The molecular weight excluding hydrogens is 157 g/mol. The zero-order chi connectivity index (χ0) is 8.65. The second-order valence-corrected chi connectivity index (χ2v) is 2.20. The SMILES string of the molecule is FCC=NOCc1ccccc1. The Balaban J connectivity index is 2.29. The fourth-order valence-corrected chi connectivity index (χ4v) is 0.767. The number of hydrogen-bond acceptors (Lipinski definition) is 2. The normalized spacial score (nSPS) is 10.4. The second kappa shape index (κ2) is 5.29. The quantitative estimate of drug-likeness (QED) is 0.497. The molecule has 0 aliphatic rings. The van der Waals surface area contributed by atoms with Gasteiger partial charge in [0.25, 0.3) is 0 Å². The molecule has 0 aromatic heterocycles. The molecule has 0 saturated carbocycles. The van der Waals surface area contributed by atoms with E-state index in [0.29, 0.717) is 6.61 Å². The van der Waals surface area contributed by atoms with Crippen molar-refractivity contribution in [3.05, 3.63) is 35.9 Å². The molecule has 0 bridgehead atoms. The third-order valence-electron chi connectivity index (χ3n) is 1.29. The van der Waals surface area contributed by atoms with Gasteiger partial charge in [0.2, 0.25) is 0 Å². The molecule has 1 rings (SSSR count). The summed E-state index contributed by atoms with van der Waals surface area (Å²) in [5.41, 5.74) is 1.02. The van der Waals surface area contributed by atoms with E-state index >= 15 is 0 Å². The predicted octanol–water partition coefficient (Wildman–Crippen LogP) is 2.16. The monoisotopic (exact) mass is 167 g/mol. The van der Waals surface area contributed by atoms with Gasteiger partial charge < -0.3 is 4.84 Å². The first-order chi connectivity index (χ1) is 5.93. The molecule has 0 aliphatic carbocycles. The highest BCUT2D eigenvalue weighted by atomic mass is 19.1. The number of halogens is 1. The second-order valence-electron chi connectivity index (χ2n) is 2.20. The van der Waals surface area contributed by atoms with Crippen molar-refractivity contribution in [1.29, 1.82) is 0 Å². The third kappa shape index (κ3) is 3.14. The number of oxime groups is 1. The summed E-state index contributed by atoms with van der Waals surface area (Å²) in [4.78, 5) is 4.79. The van der Waals surface area contributed by atoms with E-state index in [1.165, 1.54) is 0 Å². The van der Waals surface area contributed by atoms with E-state index in [-0.39, 0.29) is 0 Å². The van der Waals surface area contributed by atoms with Gasteiger partial charge in [0.15, 0.2) is 0 Å². The minimum atomic E-state index is -0.589. The highest BCUT2D eigenvalue weighted by molar-refractivity contribution is 5.57. The lowest BCUT2D eigenvalue weighted by Gasteiger charge is -1.97. The Morgan fingerprint density at radius 1 is 1.33 bits per heavy atom. The van der Waals surface area contributed by atoms with Gasteiger partial charge in [-0.05, 0) is 5.56 Å². The molecule has 0 heterocycles. The van der Waals surface area contributed by atoms with Crippen LogP contribution in [0.15, 0.2) is 35.5 Å². The van der Waals surface area contributed by atoms with Crippen LogP contribution in [0, 0.1) is 0 Å². The summed E-state index contributed by atoms with van der Waals surface area (Å²) in [7, 11) is 0.